The molecule has 1 fully saturated rings. The van der Waals surface area contributed by atoms with Gasteiger partial charge < -0.3 is 19.7 Å². The van der Waals surface area contributed by atoms with Crippen LogP contribution in [0.4, 0.5) is 0 Å². The SMILES string of the molecule is COc1ccc(Cc2nccc(CCCNC(C)=O)n2)cc1OCCCN1CCCC1. The number of nitrogens with zero attached hydrogens (tertiary/aromatic N) is 3. The Morgan fingerprint density at radius 3 is 2.77 bits per heavy atom. The van der Waals surface area contributed by atoms with Crippen LogP contribution in [0.3, 0.4) is 0 Å². The minimum absolute atomic E-state index is 0.00282. The van der Waals surface area contributed by atoms with Crippen molar-refractivity contribution < 1.29 is 14.3 Å². The van der Waals surface area contributed by atoms with Gasteiger partial charge in [0.05, 0.1) is 13.7 Å². The summed E-state index contributed by atoms with van der Waals surface area (Å²) in [5.74, 6) is 2.30. The van der Waals surface area contributed by atoms with Gasteiger partial charge in [-0.25, -0.2) is 9.97 Å². The van der Waals surface area contributed by atoms with Crippen LogP contribution in [0.1, 0.15) is 49.7 Å². The van der Waals surface area contributed by atoms with Gasteiger partial charge in [0.1, 0.15) is 5.82 Å². The van der Waals surface area contributed by atoms with Crippen molar-refractivity contribution in [1.82, 2.24) is 20.2 Å². The van der Waals surface area contributed by atoms with Crippen molar-refractivity contribution in [3.63, 3.8) is 0 Å². The molecular formula is C24H34N4O3. The first kappa shape index (κ1) is 23.0. The molecule has 0 saturated carbocycles. The second kappa shape index (κ2) is 12.2. The molecule has 0 bridgehead atoms. The number of hydrogen-bond acceptors (Lipinski definition) is 6. The van der Waals surface area contributed by atoms with E-state index in [1.165, 1.54) is 32.9 Å². The van der Waals surface area contributed by atoms with E-state index in [9.17, 15) is 4.79 Å². The molecule has 1 aliphatic rings. The number of aromatic nitrogens is 2. The molecule has 1 saturated heterocycles. The van der Waals surface area contributed by atoms with Crippen LogP contribution in [-0.2, 0) is 17.6 Å². The van der Waals surface area contributed by atoms with Gasteiger partial charge in [-0.3, -0.25) is 4.79 Å². The van der Waals surface area contributed by atoms with Crippen LogP contribution < -0.4 is 14.8 Å². The van der Waals surface area contributed by atoms with Crippen molar-refractivity contribution in [2.45, 2.75) is 45.4 Å². The largest absolute Gasteiger partial charge is 0.493 e. The summed E-state index contributed by atoms with van der Waals surface area (Å²) in [6.07, 6.45) is 7.74. The van der Waals surface area contributed by atoms with E-state index in [-0.39, 0.29) is 5.91 Å². The van der Waals surface area contributed by atoms with E-state index in [0.717, 1.165) is 54.4 Å². The lowest BCUT2D eigenvalue weighted by atomic mass is 10.1. The highest BCUT2D eigenvalue weighted by Gasteiger charge is 2.12. The Hall–Kier alpha value is -2.67. The van der Waals surface area contributed by atoms with Crippen LogP contribution in [-0.4, -0.2) is 60.7 Å². The van der Waals surface area contributed by atoms with E-state index in [2.05, 4.69) is 20.2 Å². The first-order chi connectivity index (χ1) is 15.1. The van der Waals surface area contributed by atoms with Crippen molar-refractivity contribution in [1.29, 1.82) is 0 Å². The summed E-state index contributed by atoms with van der Waals surface area (Å²) >= 11 is 0. The van der Waals surface area contributed by atoms with Gasteiger partial charge in [0.2, 0.25) is 5.91 Å². The fourth-order valence-electron chi connectivity index (χ4n) is 3.80. The number of aryl methyl sites for hydroxylation is 1. The number of carbonyl (C=O) groups is 1. The molecule has 1 aliphatic heterocycles. The molecule has 2 heterocycles. The van der Waals surface area contributed by atoms with Crippen LogP contribution in [0.15, 0.2) is 30.5 Å². The molecule has 0 aliphatic carbocycles. The van der Waals surface area contributed by atoms with E-state index in [0.29, 0.717) is 19.6 Å². The Morgan fingerprint density at radius 2 is 2.00 bits per heavy atom. The molecule has 1 aromatic heterocycles. The molecule has 7 nitrogen and oxygen atoms in total. The molecule has 1 aromatic carbocycles. The number of ether oxygens (including phenoxy) is 2. The lowest BCUT2D eigenvalue weighted by molar-refractivity contribution is -0.118. The molecule has 168 valence electrons. The van der Waals surface area contributed by atoms with Crippen LogP contribution in [0.25, 0.3) is 0 Å². The maximum Gasteiger partial charge on any atom is 0.216 e. The number of likely N-dealkylation sites (tertiary alicyclic amines) is 1. The summed E-state index contributed by atoms with van der Waals surface area (Å²) in [6.45, 7) is 6.38. The topological polar surface area (TPSA) is 76.6 Å². The molecule has 7 heteroatoms. The lowest BCUT2D eigenvalue weighted by Crippen LogP contribution is -2.21. The van der Waals surface area contributed by atoms with Crippen molar-refractivity contribution in [2.75, 3.05) is 39.9 Å². The molecule has 1 N–H and O–H groups in total. The second-order valence-electron chi connectivity index (χ2n) is 7.96. The third-order valence-corrected chi connectivity index (χ3v) is 5.41. The fourth-order valence-corrected chi connectivity index (χ4v) is 3.80. The maximum absolute atomic E-state index is 11.0. The predicted molar refractivity (Wildman–Crippen MR) is 121 cm³/mol. The summed E-state index contributed by atoms with van der Waals surface area (Å²) in [6, 6.07) is 7.94. The number of methoxy groups -OCH3 is 1. The van der Waals surface area contributed by atoms with E-state index in [4.69, 9.17) is 9.47 Å². The number of hydrogen-bond donors (Lipinski definition) is 1. The average molecular weight is 427 g/mol. The highest BCUT2D eigenvalue weighted by Crippen LogP contribution is 2.29. The van der Waals surface area contributed by atoms with Gasteiger partial charge >= 0.3 is 0 Å². The first-order valence-corrected chi connectivity index (χ1v) is 11.2. The molecule has 31 heavy (non-hydrogen) atoms. The summed E-state index contributed by atoms with van der Waals surface area (Å²) < 4.78 is 11.5. The lowest BCUT2D eigenvalue weighted by Gasteiger charge is -2.16. The number of nitrogens with one attached hydrogen (secondary N) is 1. The molecule has 0 atom stereocenters. The summed E-state index contributed by atoms with van der Waals surface area (Å²) in [7, 11) is 1.67. The van der Waals surface area contributed by atoms with Crippen LogP contribution in [0.5, 0.6) is 11.5 Å². The third-order valence-electron chi connectivity index (χ3n) is 5.41. The number of carbonyl (C=O) groups excluding carboxylic acids is 1. The van der Waals surface area contributed by atoms with Gasteiger partial charge in [-0.2, -0.15) is 0 Å². The Kier molecular flexibility index (Phi) is 9.09. The Balaban J connectivity index is 1.53. The van der Waals surface area contributed by atoms with Gasteiger partial charge in [-0.15, -0.1) is 0 Å². The zero-order chi connectivity index (χ0) is 21.9. The van der Waals surface area contributed by atoms with Crippen LogP contribution in [0.2, 0.25) is 0 Å². The molecule has 0 radical (unpaired) electrons. The highest BCUT2D eigenvalue weighted by atomic mass is 16.5. The molecular weight excluding hydrogens is 392 g/mol. The summed E-state index contributed by atoms with van der Waals surface area (Å²) in [4.78, 5) is 22.6. The highest BCUT2D eigenvalue weighted by molar-refractivity contribution is 5.72. The molecule has 0 spiro atoms. The minimum atomic E-state index is -0.00282. The van der Waals surface area contributed by atoms with E-state index >= 15 is 0 Å². The van der Waals surface area contributed by atoms with E-state index < -0.39 is 0 Å². The smallest absolute Gasteiger partial charge is 0.216 e. The molecule has 2 aromatic rings. The number of rotatable bonds is 12. The summed E-state index contributed by atoms with van der Waals surface area (Å²) in [5, 5.41) is 2.81. The first-order valence-electron chi connectivity index (χ1n) is 11.2. The van der Waals surface area contributed by atoms with Crippen molar-refractivity contribution >= 4 is 5.91 Å². The third kappa shape index (κ3) is 7.83. The van der Waals surface area contributed by atoms with Crippen LogP contribution >= 0.6 is 0 Å². The van der Waals surface area contributed by atoms with E-state index in [1.807, 2.05) is 24.3 Å². The van der Waals surface area contributed by atoms with Crippen molar-refractivity contribution in [2.24, 2.45) is 0 Å². The standard InChI is InChI=1S/C24H34N4O3/c1-19(29)25-11-5-7-21-10-12-26-24(27-21)18-20-8-9-22(30-2)23(17-20)31-16-6-15-28-13-3-4-14-28/h8-10,12,17H,3-7,11,13-16,18H2,1-2H3,(H,25,29). The average Bonchev–Trinajstić information content (AvgIpc) is 3.28. The molecule has 1 amide bonds. The Labute approximate surface area is 185 Å². The van der Waals surface area contributed by atoms with Gasteiger partial charge in [-0.05, 0) is 69.0 Å². The van der Waals surface area contributed by atoms with Gasteiger partial charge in [0, 0.05) is 38.3 Å². The number of benzene rings is 1. The second-order valence-corrected chi connectivity index (χ2v) is 7.96. The predicted octanol–water partition coefficient (Wildman–Crippen LogP) is 3.01. The van der Waals surface area contributed by atoms with Crippen molar-refractivity contribution in [3.05, 3.63) is 47.5 Å². The maximum atomic E-state index is 11.0. The molecule has 0 unspecified atom stereocenters. The zero-order valence-corrected chi connectivity index (χ0v) is 18.7. The number of amides is 1. The van der Waals surface area contributed by atoms with Gasteiger partial charge in [-0.1, -0.05) is 6.07 Å². The minimum Gasteiger partial charge on any atom is -0.493 e. The van der Waals surface area contributed by atoms with Gasteiger partial charge in [0.25, 0.3) is 0 Å². The fraction of sp³-hybridized carbons (Fsp3) is 0.542. The van der Waals surface area contributed by atoms with E-state index in [1.54, 1.807) is 13.3 Å². The summed E-state index contributed by atoms with van der Waals surface area (Å²) in [5.41, 5.74) is 2.08. The zero-order valence-electron chi connectivity index (χ0n) is 18.7. The van der Waals surface area contributed by atoms with Crippen LogP contribution in [0, 0.1) is 0 Å². The quantitative estimate of drug-likeness (QED) is 0.526. The Morgan fingerprint density at radius 1 is 1.16 bits per heavy atom. The van der Waals surface area contributed by atoms with Crippen molar-refractivity contribution in [3.8, 4) is 11.5 Å². The van der Waals surface area contributed by atoms with Gasteiger partial charge in [0.15, 0.2) is 11.5 Å². The molecule has 3 rings (SSSR count). The Bertz CT molecular complexity index is 837. The normalized spacial score (nSPS) is 13.9. The monoisotopic (exact) mass is 426 g/mol.